The van der Waals surface area contributed by atoms with Crippen LogP contribution in [0.1, 0.15) is 29.8 Å². The number of carbonyl (C=O) groups is 1. The summed E-state index contributed by atoms with van der Waals surface area (Å²) in [6, 6.07) is 16.5. The van der Waals surface area contributed by atoms with Crippen LogP contribution in [0.2, 0.25) is 0 Å². The standard InChI is InChI=1S/C25H20F3N3O2/c1-16(21-6-2-3-13-29-21)31-14-12-19-20(24(31)33)5-4-7-22(19)30-23(32)15-17-8-10-18(11-9-17)25(26,27)28/h2-14,16H,15H2,1H3,(H,30,32). The largest absolute Gasteiger partial charge is 0.416 e. The highest BCUT2D eigenvalue weighted by Crippen LogP contribution is 2.29. The number of pyridine rings is 2. The summed E-state index contributed by atoms with van der Waals surface area (Å²) < 4.78 is 39.7. The summed E-state index contributed by atoms with van der Waals surface area (Å²) in [7, 11) is 0. The van der Waals surface area contributed by atoms with E-state index in [1.807, 2.05) is 19.1 Å². The van der Waals surface area contributed by atoms with E-state index in [9.17, 15) is 22.8 Å². The molecule has 33 heavy (non-hydrogen) atoms. The molecule has 1 atom stereocenters. The molecule has 0 fully saturated rings. The second kappa shape index (κ2) is 8.90. The number of hydrogen-bond donors (Lipinski definition) is 1. The van der Waals surface area contributed by atoms with Gasteiger partial charge in [0.05, 0.1) is 23.7 Å². The number of rotatable bonds is 5. The zero-order valence-corrected chi connectivity index (χ0v) is 17.6. The fraction of sp³-hybridized carbons (Fsp3) is 0.160. The van der Waals surface area contributed by atoms with E-state index in [0.29, 0.717) is 22.0 Å². The number of nitrogens with one attached hydrogen (secondary N) is 1. The van der Waals surface area contributed by atoms with Gasteiger partial charge in [0.15, 0.2) is 0 Å². The molecule has 5 nitrogen and oxygen atoms in total. The first kappa shape index (κ1) is 22.3. The lowest BCUT2D eigenvalue weighted by molar-refractivity contribution is -0.137. The molecule has 0 radical (unpaired) electrons. The molecule has 1 unspecified atom stereocenters. The zero-order chi connectivity index (χ0) is 23.6. The van der Waals surface area contributed by atoms with E-state index < -0.39 is 17.6 Å². The van der Waals surface area contributed by atoms with Crippen LogP contribution in [0.3, 0.4) is 0 Å². The first-order valence-corrected chi connectivity index (χ1v) is 10.2. The summed E-state index contributed by atoms with van der Waals surface area (Å²) in [5.41, 5.74) is 0.674. The lowest BCUT2D eigenvalue weighted by Crippen LogP contribution is -2.24. The maximum absolute atomic E-state index is 13.1. The minimum Gasteiger partial charge on any atom is -0.325 e. The maximum Gasteiger partial charge on any atom is 0.416 e. The van der Waals surface area contributed by atoms with Gasteiger partial charge in [-0.05, 0) is 55.0 Å². The molecule has 0 bridgehead atoms. The van der Waals surface area contributed by atoms with Crippen molar-refractivity contribution in [2.24, 2.45) is 0 Å². The van der Waals surface area contributed by atoms with E-state index in [2.05, 4.69) is 10.3 Å². The van der Waals surface area contributed by atoms with E-state index in [1.165, 1.54) is 12.1 Å². The molecule has 0 aliphatic rings. The van der Waals surface area contributed by atoms with Gasteiger partial charge in [0.1, 0.15) is 0 Å². The molecule has 2 aromatic carbocycles. The van der Waals surface area contributed by atoms with Crippen LogP contribution in [0.15, 0.2) is 83.9 Å². The third-order valence-electron chi connectivity index (χ3n) is 5.43. The van der Waals surface area contributed by atoms with Crippen LogP contribution in [0.4, 0.5) is 18.9 Å². The first-order chi connectivity index (χ1) is 15.7. The van der Waals surface area contributed by atoms with Crippen molar-refractivity contribution >= 4 is 22.4 Å². The summed E-state index contributed by atoms with van der Waals surface area (Å²) in [5, 5.41) is 3.78. The minimum absolute atomic E-state index is 0.0949. The lowest BCUT2D eigenvalue weighted by atomic mass is 10.1. The number of halogens is 3. The second-order valence-electron chi connectivity index (χ2n) is 7.65. The SMILES string of the molecule is CC(c1ccccn1)n1ccc2c(NC(=O)Cc3ccc(C(F)(F)F)cc3)cccc2c1=O. The highest BCUT2D eigenvalue weighted by atomic mass is 19.4. The van der Waals surface area contributed by atoms with Crippen LogP contribution in [0.5, 0.6) is 0 Å². The van der Waals surface area contributed by atoms with Gasteiger partial charge in [-0.25, -0.2) is 0 Å². The Hall–Kier alpha value is -3.94. The number of aromatic nitrogens is 2. The van der Waals surface area contributed by atoms with Gasteiger partial charge in [-0.3, -0.25) is 14.6 Å². The molecule has 0 aliphatic heterocycles. The van der Waals surface area contributed by atoms with Crippen molar-refractivity contribution in [3.63, 3.8) is 0 Å². The average Bonchev–Trinajstić information content (AvgIpc) is 2.80. The summed E-state index contributed by atoms with van der Waals surface area (Å²) in [5.74, 6) is -0.395. The van der Waals surface area contributed by atoms with E-state index in [-0.39, 0.29) is 18.0 Å². The Balaban J connectivity index is 1.57. The fourth-order valence-corrected chi connectivity index (χ4v) is 3.66. The molecule has 1 amide bonds. The van der Waals surface area contributed by atoms with Gasteiger partial charge >= 0.3 is 6.18 Å². The van der Waals surface area contributed by atoms with E-state index >= 15 is 0 Å². The first-order valence-electron chi connectivity index (χ1n) is 10.2. The average molecular weight is 451 g/mol. The monoisotopic (exact) mass is 451 g/mol. The molecule has 2 heterocycles. The molecule has 0 saturated heterocycles. The highest BCUT2D eigenvalue weighted by molar-refractivity contribution is 6.02. The van der Waals surface area contributed by atoms with Crippen LogP contribution < -0.4 is 10.9 Å². The molecule has 8 heteroatoms. The van der Waals surface area contributed by atoms with Gasteiger partial charge in [-0.15, -0.1) is 0 Å². The van der Waals surface area contributed by atoms with Crippen LogP contribution in [0.25, 0.3) is 10.8 Å². The molecule has 4 rings (SSSR count). The van der Waals surface area contributed by atoms with Crippen molar-refractivity contribution in [2.75, 3.05) is 5.32 Å². The number of carbonyl (C=O) groups excluding carboxylic acids is 1. The van der Waals surface area contributed by atoms with Gasteiger partial charge < -0.3 is 9.88 Å². The van der Waals surface area contributed by atoms with Crippen LogP contribution in [-0.4, -0.2) is 15.5 Å². The number of anilines is 1. The number of benzene rings is 2. The van der Waals surface area contributed by atoms with Crippen LogP contribution in [-0.2, 0) is 17.4 Å². The van der Waals surface area contributed by atoms with Gasteiger partial charge in [0, 0.05) is 28.9 Å². The van der Waals surface area contributed by atoms with E-state index in [1.54, 1.807) is 47.3 Å². The molecule has 168 valence electrons. The van der Waals surface area contributed by atoms with Crippen molar-refractivity contribution in [3.05, 3.63) is 106 Å². The van der Waals surface area contributed by atoms with Gasteiger partial charge in [-0.1, -0.05) is 24.3 Å². The highest BCUT2D eigenvalue weighted by Gasteiger charge is 2.30. The smallest absolute Gasteiger partial charge is 0.325 e. The number of amides is 1. The number of alkyl halides is 3. The predicted molar refractivity (Wildman–Crippen MR) is 120 cm³/mol. The zero-order valence-electron chi connectivity index (χ0n) is 17.6. The number of nitrogens with zero attached hydrogens (tertiary/aromatic N) is 2. The molecule has 0 spiro atoms. The summed E-state index contributed by atoms with van der Waals surface area (Å²) in [6.45, 7) is 1.88. The minimum atomic E-state index is -4.43. The molecular weight excluding hydrogens is 431 g/mol. The quantitative estimate of drug-likeness (QED) is 0.453. The molecule has 0 aliphatic carbocycles. The Morgan fingerprint density at radius 2 is 1.76 bits per heavy atom. The number of fused-ring (bicyclic) bond motifs is 1. The molecule has 2 aromatic heterocycles. The van der Waals surface area contributed by atoms with E-state index in [0.717, 1.165) is 17.8 Å². The van der Waals surface area contributed by atoms with Gasteiger partial charge in [0.25, 0.3) is 5.56 Å². The van der Waals surface area contributed by atoms with Crippen LogP contribution in [0, 0.1) is 0 Å². The normalized spacial score (nSPS) is 12.5. The third kappa shape index (κ3) is 4.79. The molecule has 1 N–H and O–H groups in total. The molecule has 0 saturated carbocycles. The van der Waals surface area contributed by atoms with Crippen LogP contribution >= 0.6 is 0 Å². The Morgan fingerprint density at radius 1 is 1.00 bits per heavy atom. The van der Waals surface area contributed by atoms with Crippen molar-refractivity contribution in [2.45, 2.75) is 25.6 Å². The van der Waals surface area contributed by atoms with Crippen molar-refractivity contribution in [3.8, 4) is 0 Å². The molecular formula is C25H20F3N3O2. The Kier molecular flexibility index (Phi) is 6.00. The lowest BCUT2D eigenvalue weighted by Gasteiger charge is -2.16. The molecule has 4 aromatic rings. The summed E-state index contributed by atoms with van der Waals surface area (Å²) >= 11 is 0. The second-order valence-corrected chi connectivity index (χ2v) is 7.65. The Labute approximate surface area is 187 Å². The summed E-state index contributed by atoms with van der Waals surface area (Å²) in [4.78, 5) is 30.0. The number of hydrogen-bond acceptors (Lipinski definition) is 3. The van der Waals surface area contributed by atoms with Crippen molar-refractivity contribution < 1.29 is 18.0 Å². The van der Waals surface area contributed by atoms with Crippen molar-refractivity contribution in [1.29, 1.82) is 0 Å². The third-order valence-corrected chi connectivity index (χ3v) is 5.43. The fourth-order valence-electron chi connectivity index (χ4n) is 3.66. The van der Waals surface area contributed by atoms with E-state index in [4.69, 9.17) is 0 Å². The Bertz CT molecular complexity index is 1350. The predicted octanol–water partition coefficient (Wildman–Crippen LogP) is 5.21. The van der Waals surface area contributed by atoms with Crippen molar-refractivity contribution in [1.82, 2.24) is 9.55 Å². The summed E-state index contributed by atoms with van der Waals surface area (Å²) in [6.07, 6.45) is -1.19. The van der Waals surface area contributed by atoms with Gasteiger partial charge in [0.2, 0.25) is 5.91 Å². The van der Waals surface area contributed by atoms with Gasteiger partial charge in [-0.2, -0.15) is 13.2 Å². The topological polar surface area (TPSA) is 64.0 Å². The Morgan fingerprint density at radius 3 is 2.42 bits per heavy atom. The maximum atomic E-state index is 13.1.